The van der Waals surface area contributed by atoms with Crippen LogP contribution >= 0.6 is 0 Å². The molecule has 0 aliphatic heterocycles. The van der Waals surface area contributed by atoms with Crippen LogP contribution in [0.4, 0.5) is 0 Å². The molecule has 0 radical (unpaired) electrons. The van der Waals surface area contributed by atoms with E-state index in [0.717, 1.165) is 19.3 Å². The van der Waals surface area contributed by atoms with Gasteiger partial charge in [0.2, 0.25) is 5.91 Å². The Hall–Kier alpha value is -0.610. The molecule has 4 nitrogen and oxygen atoms in total. The smallest absolute Gasteiger partial charge is 0.220 e. The molecule has 1 unspecified atom stereocenters. The standard InChI is InChI=1S/C11H24N2O2/c1-9(2)7-10(8-14)13-11(15)5-3-4-6-12/h9-10,14H,3-8,12H2,1-2H3,(H,13,15). The van der Waals surface area contributed by atoms with Crippen molar-refractivity contribution >= 4 is 5.91 Å². The van der Waals surface area contributed by atoms with Gasteiger partial charge >= 0.3 is 0 Å². The van der Waals surface area contributed by atoms with Crippen LogP contribution < -0.4 is 11.1 Å². The van der Waals surface area contributed by atoms with Crippen LogP contribution in [0.25, 0.3) is 0 Å². The summed E-state index contributed by atoms with van der Waals surface area (Å²) in [5.41, 5.74) is 5.34. The average molecular weight is 216 g/mol. The van der Waals surface area contributed by atoms with Gasteiger partial charge in [0.05, 0.1) is 12.6 Å². The van der Waals surface area contributed by atoms with E-state index < -0.39 is 0 Å². The number of carbonyl (C=O) groups excluding carboxylic acids is 1. The van der Waals surface area contributed by atoms with Crippen molar-refractivity contribution in [2.75, 3.05) is 13.2 Å². The first-order valence-electron chi connectivity index (χ1n) is 5.70. The molecule has 15 heavy (non-hydrogen) atoms. The van der Waals surface area contributed by atoms with Gasteiger partial charge in [-0.15, -0.1) is 0 Å². The summed E-state index contributed by atoms with van der Waals surface area (Å²) >= 11 is 0. The summed E-state index contributed by atoms with van der Waals surface area (Å²) in [6, 6.07) is -0.102. The van der Waals surface area contributed by atoms with Crippen LogP contribution in [0.1, 0.15) is 39.5 Å². The maximum absolute atomic E-state index is 11.4. The van der Waals surface area contributed by atoms with Crippen molar-refractivity contribution in [3.8, 4) is 0 Å². The highest BCUT2D eigenvalue weighted by molar-refractivity contribution is 5.76. The van der Waals surface area contributed by atoms with Crippen LogP contribution in [0.3, 0.4) is 0 Å². The van der Waals surface area contributed by atoms with E-state index in [9.17, 15) is 4.79 Å². The Morgan fingerprint density at radius 1 is 1.40 bits per heavy atom. The molecule has 0 heterocycles. The van der Waals surface area contributed by atoms with E-state index in [1.54, 1.807) is 0 Å². The average Bonchev–Trinajstić information content (AvgIpc) is 2.16. The summed E-state index contributed by atoms with van der Waals surface area (Å²) in [6.07, 6.45) is 3.02. The molecule has 0 aromatic rings. The minimum Gasteiger partial charge on any atom is -0.394 e. The van der Waals surface area contributed by atoms with Gasteiger partial charge in [-0.05, 0) is 31.7 Å². The Balaban J connectivity index is 3.70. The van der Waals surface area contributed by atoms with Gasteiger partial charge in [-0.2, -0.15) is 0 Å². The van der Waals surface area contributed by atoms with Crippen LogP contribution in [-0.2, 0) is 4.79 Å². The zero-order valence-electron chi connectivity index (χ0n) is 9.83. The molecule has 0 rings (SSSR count). The van der Waals surface area contributed by atoms with E-state index >= 15 is 0 Å². The van der Waals surface area contributed by atoms with E-state index in [2.05, 4.69) is 19.2 Å². The van der Waals surface area contributed by atoms with Crippen LogP contribution in [-0.4, -0.2) is 30.2 Å². The molecule has 90 valence electrons. The summed E-state index contributed by atoms with van der Waals surface area (Å²) in [5, 5.41) is 11.9. The van der Waals surface area contributed by atoms with Crippen molar-refractivity contribution < 1.29 is 9.90 Å². The van der Waals surface area contributed by atoms with E-state index in [1.165, 1.54) is 0 Å². The van der Waals surface area contributed by atoms with Crippen molar-refractivity contribution in [1.82, 2.24) is 5.32 Å². The molecular formula is C11H24N2O2. The van der Waals surface area contributed by atoms with Crippen molar-refractivity contribution in [2.45, 2.75) is 45.6 Å². The molecule has 0 saturated heterocycles. The van der Waals surface area contributed by atoms with Gasteiger partial charge in [0.15, 0.2) is 0 Å². The second kappa shape index (κ2) is 8.68. The molecule has 4 heteroatoms. The molecule has 0 saturated carbocycles. The Kier molecular flexibility index (Phi) is 8.33. The largest absolute Gasteiger partial charge is 0.394 e. The zero-order chi connectivity index (χ0) is 11.7. The molecule has 1 amide bonds. The third-order valence-electron chi connectivity index (χ3n) is 2.20. The highest BCUT2D eigenvalue weighted by Gasteiger charge is 2.12. The number of nitrogens with one attached hydrogen (secondary N) is 1. The second-order valence-corrected chi connectivity index (χ2v) is 4.32. The van der Waals surface area contributed by atoms with Crippen molar-refractivity contribution in [1.29, 1.82) is 0 Å². The fourth-order valence-corrected chi connectivity index (χ4v) is 1.48. The highest BCUT2D eigenvalue weighted by atomic mass is 16.3. The lowest BCUT2D eigenvalue weighted by Gasteiger charge is -2.18. The molecule has 0 aliphatic rings. The fourth-order valence-electron chi connectivity index (χ4n) is 1.48. The van der Waals surface area contributed by atoms with Gasteiger partial charge in [0.25, 0.3) is 0 Å². The molecule has 0 fully saturated rings. The topological polar surface area (TPSA) is 75.3 Å². The maximum Gasteiger partial charge on any atom is 0.220 e. The molecular weight excluding hydrogens is 192 g/mol. The summed E-state index contributed by atoms with van der Waals surface area (Å²) < 4.78 is 0. The number of hydrogen-bond donors (Lipinski definition) is 3. The Morgan fingerprint density at radius 3 is 2.53 bits per heavy atom. The first kappa shape index (κ1) is 14.4. The lowest BCUT2D eigenvalue weighted by molar-refractivity contribution is -0.122. The van der Waals surface area contributed by atoms with Gasteiger partial charge in [-0.25, -0.2) is 0 Å². The third kappa shape index (κ3) is 8.39. The SMILES string of the molecule is CC(C)CC(CO)NC(=O)CCCCN. The van der Waals surface area contributed by atoms with Crippen LogP contribution in [0.2, 0.25) is 0 Å². The number of carbonyl (C=O) groups is 1. The van der Waals surface area contributed by atoms with Crippen molar-refractivity contribution in [3.05, 3.63) is 0 Å². The van der Waals surface area contributed by atoms with Crippen LogP contribution in [0.5, 0.6) is 0 Å². The number of nitrogens with two attached hydrogens (primary N) is 1. The maximum atomic E-state index is 11.4. The van der Waals surface area contributed by atoms with Gasteiger partial charge in [0, 0.05) is 6.42 Å². The molecule has 4 N–H and O–H groups in total. The highest BCUT2D eigenvalue weighted by Crippen LogP contribution is 2.04. The van der Waals surface area contributed by atoms with E-state index in [1.807, 2.05) is 0 Å². The molecule has 0 aliphatic carbocycles. The predicted octanol–water partition coefficient (Wildman–Crippen LogP) is 0.639. The number of rotatable bonds is 8. The normalized spacial score (nSPS) is 12.9. The molecule has 0 aromatic heterocycles. The van der Waals surface area contributed by atoms with Crippen molar-refractivity contribution in [3.63, 3.8) is 0 Å². The zero-order valence-corrected chi connectivity index (χ0v) is 9.83. The van der Waals surface area contributed by atoms with Crippen LogP contribution in [0, 0.1) is 5.92 Å². The number of aliphatic hydroxyl groups excluding tert-OH is 1. The number of hydrogen-bond acceptors (Lipinski definition) is 3. The lowest BCUT2D eigenvalue weighted by atomic mass is 10.0. The quantitative estimate of drug-likeness (QED) is 0.521. The summed E-state index contributed by atoms with van der Waals surface area (Å²) in [5.74, 6) is 0.495. The second-order valence-electron chi connectivity index (χ2n) is 4.32. The van der Waals surface area contributed by atoms with Gasteiger partial charge in [0.1, 0.15) is 0 Å². The third-order valence-corrected chi connectivity index (χ3v) is 2.20. The minimum absolute atomic E-state index is 0.0147. The summed E-state index contributed by atoms with van der Waals surface area (Å²) in [4.78, 5) is 11.4. The molecule has 0 aromatic carbocycles. The molecule has 0 bridgehead atoms. The number of unbranched alkanes of at least 4 members (excludes halogenated alkanes) is 1. The fraction of sp³-hybridized carbons (Fsp3) is 0.909. The van der Waals surface area contributed by atoms with E-state index in [4.69, 9.17) is 10.8 Å². The predicted molar refractivity (Wildman–Crippen MR) is 61.4 cm³/mol. The Labute approximate surface area is 92.2 Å². The van der Waals surface area contributed by atoms with E-state index in [0.29, 0.717) is 18.9 Å². The minimum atomic E-state index is -0.102. The molecule has 0 spiro atoms. The van der Waals surface area contributed by atoms with Gasteiger partial charge < -0.3 is 16.2 Å². The monoisotopic (exact) mass is 216 g/mol. The first-order valence-corrected chi connectivity index (χ1v) is 5.70. The van der Waals surface area contributed by atoms with Crippen LogP contribution in [0.15, 0.2) is 0 Å². The summed E-state index contributed by atoms with van der Waals surface area (Å²) in [6.45, 7) is 4.79. The Bertz CT molecular complexity index is 172. The summed E-state index contributed by atoms with van der Waals surface area (Å²) in [7, 11) is 0. The number of amides is 1. The lowest BCUT2D eigenvalue weighted by Crippen LogP contribution is -2.38. The molecule has 1 atom stereocenters. The first-order chi connectivity index (χ1) is 7.10. The number of aliphatic hydroxyl groups is 1. The van der Waals surface area contributed by atoms with E-state index in [-0.39, 0.29) is 18.6 Å². The van der Waals surface area contributed by atoms with Gasteiger partial charge in [-0.1, -0.05) is 13.8 Å². The van der Waals surface area contributed by atoms with Gasteiger partial charge in [-0.3, -0.25) is 4.79 Å². The Morgan fingerprint density at radius 2 is 2.07 bits per heavy atom. The van der Waals surface area contributed by atoms with Crippen molar-refractivity contribution in [2.24, 2.45) is 11.7 Å².